The van der Waals surface area contributed by atoms with Gasteiger partial charge in [0.05, 0.1) is 5.52 Å². The Balaban J connectivity index is 0.000000845. The van der Waals surface area contributed by atoms with Gasteiger partial charge < -0.3 is 5.73 Å². The number of nitrogens with one attached hydrogen (secondary N) is 1. The number of aryl methyl sites for hydroxylation is 1. The van der Waals surface area contributed by atoms with E-state index >= 15 is 0 Å². The van der Waals surface area contributed by atoms with E-state index in [0.717, 1.165) is 10.9 Å². The molecule has 0 fully saturated rings. The Bertz CT molecular complexity index is 426. The first-order valence-electron chi connectivity index (χ1n) is 3.84. The van der Waals surface area contributed by atoms with E-state index < -0.39 is 0 Å². The second-order valence-electron chi connectivity index (χ2n) is 2.88. The summed E-state index contributed by atoms with van der Waals surface area (Å²) in [4.78, 5) is 4.18. The molecule has 1 heterocycles. The maximum Gasteiger partial charge on any atom is 0.0692 e. The Hall–Kier alpha value is -0.518. The molecule has 0 radical (unpaired) electrons. The molecule has 0 atom stereocenters. The summed E-state index contributed by atoms with van der Waals surface area (Å²) in [6.45, 7) is 2.03. The number of rotatable bonds is 0. The van der Waals surface area contributed by atoms with Crippen molar-refractivity contribution in [3.8, 4) is 0 Å². The Kier molecular flexibility index (Phi) is 3.35. The van der Waals surface area contributed by atoms with Gasteiger partial charge in [-0.2, -0.15) is 0 Å². The van der Waals surface area contributed by atoms with E-state index in [1.54, 1.807) is 12.3 Å². The van der Waals surface area contributed by atoms with Crippen LogP contribution in [0.2, 0.25) is 0 Å². The fourth-order valence-corrected chi connectivity index (χ4v) is 1.26. The summed E-state index contributed by atoms with van der Waals surface area (Å²) in [5.74, 6) is 0. The van der Waals surface area contributed by atoms with Crippen molar-refractivity contribution in [2.24, 2.45) is 0 Å². The van der Waals surface area contributed by atoms with E-state index in [-0.39, 0.29) is 31.1 Å². The summed E-state index contributed by atoms with van der Waals surface area (Å²) in [5, 5.41) is 0.920. The predicted molar refractivity (Wildman–Crippen MR) is 50.5 cm³/mol. The van der Waals surface area contributed by atoms with Crippen LogP contribution in [-0.2, 0) is 0 Å². The van der Waals surface area contributed by atoms with E-state index in [1.165, 1.54) is 5.56 Å². The van der Waals surface area contributed by atoms with Gasteiger partial charge in [0.25, 0.3) is 0 Å². The van der Waals surface area contributed by atoms with E-state index in [0.29, 0.717) is 5.69 Å². The van der Waals surface area contributed by atoms with Crippen LogP contribution in [0, 0.1) is 38.0 Å². The maximum atomic E-state index is 7.59. The van der Waals surface area contributed by atoms with Crippen LogP contribution in [0.5, 0.6) is 0 Å². The first-order valence-corrected chi connectivity index (χ1v) is 3.84. The summed E-state index contributed by atoms with van der Waals surface area (Å²) in [6.07, 6.45) is 1.67. The van der Waals surface area contributed by atoms with E-state index in [9.17, 15) is 0 Å². The molecule has 0 aliphatic rings. The van der Waals surface area contributed by atoms with Crippen molar-refractivity contribution >= 4 is 16.6 Å². The third kappa shape index (κ3) is 2.04. The SMILES string of the molecule is Cc1ccc2c([NH-])ccnc2c1.[U]. The monoisotopic (exact) mass is 395 g/mol. The first kappa shape index (κ1) is 10.6. The van der Waals surface area contributed by atoms with Crippen molar-refractivity contribution in [1.82, 2.24) is 4.98 Å². The molecular weight excluding hydrogens is 386 g/mol. The van der Waals surface area contributed by atoms with Crippen LogP contribution in [-0.4, -0.2) is 4.98 Å². The fourth-order valence-electron chi connectivity index (χ4n) is 1.26. The van der Waals surface area contributed by atoms with Gasteiger partial charge in [0.2, 0.25) is 0 Å². The molecule has 13 heavy (non-hydrogen) atoms. The van der Waals surface area contributed by atoms with Crippen molar-refractivity contribution in [3.05, 3.63) is 41.8 Å². The van der Waals surface area contributed by atoms with Crippen LogP contribution >= 0.6 is 0 Å². The smallest absolute Gasteiger partial charge is 0.0692 e. The molecule has 0 bridgehead atoms. The molecule has 3 heteroatoms. The van der Waals surface area contributed by atoms with E-state index in [4.69, 9.17) is 5.73 Å². The average molecular weight is 395 g/mol. The Morgan fingerprint density at radius 2 is 2.00 bits per heavy atom. The molecule has 0 aliphatic carbocycles. The molecule has 0 spiro atoms. The van der Waals surface area contributed by atoms with E-state index in [1.807, 2.05) is 25.1 Å². The quantitative estimate of drug-likeness (QED) is 0.675. The summed E-state index contributed by atoms with van der Waals surface area (Å²) >= 11 is 0. The van der Waals surface area contributed by atoms with Gasteiger partial charge in [0.1, 0.15) is 0 Å². The zero-order valence-corrected chi connectivity index (χ0v) is 11.5. The number of fused-ring (bicyclic) bond motifs is 1. The van der Waals surface area contributed by atoms with Crippen LogP contribution in [0.4, 0.5) is 5.69 Å². The predicted octanol–water partition coefficient (Wildman–Crippen LogP) is 3.23. The molecule has 0 unspecified atom stereocenters. The Labute approximate surface area is 101 Å². The average Bonchev–Trinajstić information content (AvgIpc) is 2.04. The van der Waals surface area contributed by atoms with Crippen molar-refractivity contribution in [2.45, 2.75) is 6.92 Å². The summed E-state index contributed by atoms with van der Waals surface area (Å²) in [7, 11) is 0. The molecule has 1 aromatic heterocycles. The van der Waals surface area contributed by atoms with Gasteiger partial charge in [-0.1, -0.05) is 18.2 Å². The van der Waals surface area contributed by atoms with Crippen LogP contribution < -0.4 is 0 Å². The van der Waals surface area contributed by atoms with Crippen LogP contribution in [0.15, 0.2) is 30.5 Å². The van der Waals surface area contributed by atoms with Gasteiger partial charge in [0.15, 0.2) is 0 Å². The molecule has 0 saturated carbocycles. The molecule has 0 amide bonds. The molecule has 2 nitrogen and oxygen atoms in total. The zero-order valence-electron chi connectivity index (χ0n) is 7.33. The van der Waals surface area contributed by atoms with Crippen molar-refractivity contribution < 1.29 is 31.1 Å². The summed E-state index contributed by atoms with van der Waals surface area (Å²) in [5.41, 5.74) is 10.2. The van der Waals surface area contributed by atoms with Crippen LogP contribution in [0.3, 0.4) is 0 Å². The van der Waals surface area contributed by atoms with Gasteiger partial charge in [-0.3, -0.25) is 4.98 Å². The molecule has 2 aromatic rings. The minimum atomic E-state index is 0. The largest absolute Gasteiger partial charge is 0.698 e. The zero-order chi connectivity index (χ0) is 8.55. The maximum absolute atomic E-state index is 7.59. The third-order valence-electron chi connectivity index (χ3n) is 1.90. The van der Waals surface area contributed by atoms with Crippen molar-refractivity contribution in [3.63, 3.8) is 0 Å². The molecule has 1 aromatic carbocycles. The van der Waals surface area contributed by atoms with E-state index in [2.05, 4.69) is 4.98 Å². The number of pyridine rings is 1. The van der Waals surface area contributed by atoms with Gasteiger partial charge in [-0.25, -0.2) is 0 Å². The Morgan fingerprint density at radius 1 is 1.23 bits per heavy atom. The summed E-state index contributed by atoms with van der Waals surface area (Å²) < 4.78 is 0. The number of nitrogens with zero attached hydrogens (tertiary/aromatic N) is 1. The first-order chi connectivity index (χ1) is 5.77. The Morgan fingerprint density at radius 3 is 2.77 bits per heavy atom. The second kappa shape index (κ2) is 4.13. The minimum Gasteiger partial charge on any atom is -0.698 e. The topological polar surface area (TPSA) is 36.7 Å². The van der Waals surface area contributed by atoms with Gasteiger partial charge in [0, 0.05) is 37.3 Å². The van der Waals surface area contributed by atoms with Crippen molar-refractivity contribution in [1.29, 1.82) is 0 Å². The number of benzene rings is 1. The van der Waals surface area contributed by atoms with Crippen molar-refractivity contribution in [2.75, 3.05) is 0 Å². The van der Waals surface area contributed by atoms with Gasteiger partial charge >= 0.3 is 0 Å². The fraction of sp³-hybridized carbons (Fsp3) is 0.100. The molecule has 64 valence electrons. The second-order valence-corrected chi connectivity index (χ2v) is 2.88. The molecular formula is C10H9N2U-. The van der Waals surface area contributed by atoms with Gasteiger partial charge in [-0.05, 0) is 23.9 Å². The number of aromatic nitrogens is 1. The van der Waals surface area contributed by atoms with Crippen LogP contribution in [0.25, 0.3) is 16.6 Å². The summed E-state index contributed by atoms with van der Waals surface area (Å²) in [6, 6.07) is 7.65. The third-order valence-corrected chi connectivity index (χ3v) is 1.90. The molecule has 1 N–H and O–H groups in total. The number of hydrogen-bond acceptors (Lipinski definition) is 1. The molecule has 0 aliphatic heterocycles. The minimum absolute atomic E-state index is 0. The molecule has 0 saturated heterocycles. The normalized spacial score (nSPS) is 9.62. The standard InChI is InChI=1S/C10H9N2.U/c1-7-2-3-8-9(11)4-5-12-10(8)6-7;/h2-6H,1H3,(H-,11,12);/q-1;. The van der Waals surface area contributed by atoms with Gasteiger partial charge in [-0.15, -0.1) is 5.69 Å². The van der Waals surface area contributed by atoms with Crippen LogP contribution in [0.1, 0.15) is 5.56 Å². The number of hydrogen-bond donors (Lipinski definition) is 0. The molecule has 2 rings (SSSR count).